The van der Waals surface area contributed by atoms with E-state index in [1.807, 2.05) is 20.8 Å². The Morgan fingerprint density at radius 3 is 2.68 bits per heavy atom. The third-order valence-electron chi connectivity index (χ3n) is 4.03. The Morgan fingerprint density at radius 1 is 1.29 bits per heavy atom. The molecule has 8 nitrogen and oxygen atoms in total. The van der Waals surface area contributed by atoms with Crippen molar-refractivity contribution < 1.29 is 14.0 Å². The van der Waals surface area contributed by atoms with E-state index >= 15 is 0 Å². The summed E-state index contributed by atoms with van der Waals surface area (Å²) in [4.78, 5) is 28.0. The summed E-state index contributed by atoms with van der Waals surface area (Å²) in [5, 5.41) is 12.2. The Hall–Kier alpha value is -2.94. The quantitative estimate of drug-likeness (QED) is 0.683. The van der Waals surface area contributed by atoms with Crippen LogP contribution in [0, 0.1) is 0 Å². The number of carbonyl (C=O) groups is 2. The molecule has 2 amide bonds. The van der Waals surface area contributed by atoms with E-state index in [9.17, 15) is 9.59 Å². The molecule has 28 heavy (non-hydrogen) atoms. The molecule has 0 saturated carbocycles. The highest BCUT2D eigenvalue weighted by molar-refractivity contribution is 7.14. The number of nitrogens with one attached hydrogen (secondary N) is 2. The summed E-state index contributed by atoms with van der Waals surface area (Å²) in [5.74, 6) is 0.819. The lowest BCUT2D eigenvalue weighted by Crippen LogP contribution is -2.18. The minimum absolute atomic E-state index is 0.124. The summed E-state index contributed by atoms with van der Waals surface area (Å²) < 4.78 is 7.26. The molecule has 0 aliphatic rings. The fourth-order valence-electron chi connectivity index (χ4n) is 2.47. The summed E-state index contributed by atoms with van der Waals surface area (Å²) in [5.41, 5.74) is 1.80. The molecule has 2 N–H and O–H groups in total. The van der Waals surface area contributed by atoms with Crippen LogP contribution in [0.3, 0.4) is 0 Å². The van der Waals surface area contributed by atoms with Crippen molar-refractivity contribution in [2.75, 3.05) is 5.32 Å². The second-order valence-electron chi connectivity index (χ2n) is 7.46. The second-order valence-corrected chi connectivity index (χ2v) is 8.31. The molecule has 0 unspecified atom stereocenters. The van der Waals surface area contributed by atoms with E-state index in [2.05, 4.69) is 20.7 Å². The Labute approximate surface area is 167 Å². The molecule has 0 atom stereocenters. The smallest absolute Gasteiger partial charge is 0.275 e. The predicted octanol–water partition coefficient (Wildman–Crippen LogP) is 3.32. The molecule has 0 aromatic carbocycles. The molecule has 0 radical (unpaired) electrons. The van der Waals surface area contributed by atoms with Crippen LogP contribution >= 0.6 is 11.3 Å². The zero-order chi connectivity index (χ0) is 20.5. The fourth-order valence-corrected chi connectivity index (χ4v) is 3.17. The van der Waals surface area contributed by atoms with Gasteiger partial charge < -0.3 is 9.73 Å². The molecule has 0 aliphatic carbocycles. The van der Waals surface area contributed by atoms with Gasteiger partial charge in [0.1, 0.15) is 17.1 Å². The van der Waals surface area contributed by atoms with E-state index in [1.54, 1.807) is 35.3 Å². The van der Waals surface area contributed by atoms with Gasteiger partial charge in [-0.1, -0.05) is 20.8 Å². The van der Waals surface area contributed by atoms with Crippen molar-refractivity contribution in [3.05, 3.63) is 40.7 Å². The molecule has 0 saturated heterocycles. The van der Waals surface area contributed by atoms with E-state index in [0.29, 0.717) is 34.6 Å². The maximum atomic E-state index is 12.6. The van der Waals surface area contributed by atoms with Crippen LogP contribution in [0.15, 0.2) is 28.0 Å². The molecule has 148 valence electrons. The number of aromatic nitrogens is 3. The molecule has 3 rings (SSSR count). The van der Waals surface area contributed by atoms with Crippen LogP contribution in [0.1, 0.15) is 49.6 Å². The molecular weight excluding hydrogens is 378 g/mol. The van der Waals surface area contributed by atoms with E-state index in [1.165, 1.54) is 18.3 Å². The maximum absolute atomic E-state index is 12.6. The molecular formula is C19H23N5O3S. The van der Waals surface area contributed by atoms with Crippen LogP contribution in [-0.4, -0.2) is 26.6 Å². The number of hydrogen-bond donors (Lipinski definition) is 2. The Morgan fingerprint density at radius 2 is 2.04 bits per heavy atom. The fraction of sp³-hybridized carbons (Fsp3) is 0.368. The first kappa shape index (κ1) is 19.8. The Balaban J connectivity index is 1.70. The number of nitrogens with zero attached hydrogens (tertiary/aromatic N) is 3. The van der Waals surface area contributed by atoms with Crippen LogP contribution in [-0.2, 0) is 23.8 Å². The van der Waals surface area contributed by atoms with Gasteiger partial charge in [-0.05, 0) is 18.2 Å². The topological polar surface area (TPSA) is 102 Å². The van der Waals surface area contributed by atoms with E-state index in [-0.39, 0.29) is 17.2 Å². The zero-order valence-corrected chi connectivity index (χ0v) is 17.3. The van der Waals surface area contributed by atoms with Crippen molar-refractivity contribution in [3.63, 3.8) is 0 Å². The third-order valence-corrected chi connectivity index (χ3v) is 4.79. The first-order valence-electron chi connectivity index (χ1n) is 8.78. The highest BCUT2D eigenvalue weighted by Gasteiger charge is 2.22. The van der Waals surface area contributed by atoms with Crippen LogP contribution in [0.2, 0.25) is 0 Å². The molecule has 0 fully saturated rings. The summed E-state index contributed by atoms with van der Waals surface area (Å²) in [6.45, 7) is 7.92. The highest BCUT2D eigenvalue weighted by atomic mass is 32.1. The normalized spacial score (nSPS) is 11.5. The van der Waals surface area contributed by atoms with Gasteiger partial charge in [0, 0.05) is 24.8 Å². The minimum Gasteiger partial charge on any atom is -0.458 e. The van der Waals surface area contributed by atoms with E-state index < -0.39 is 0 Å². The van der Waals surface area contributed by atoms with Crippen LogP contribution in [0.5, 0.6) is 0 Å². The predicted molar refractivity (Wildman–Crippen MR) is 107 cm³/mol. The minimum atomic E-state index is -0.266. The van der Waals surface area contributed by atoms with Gasteiger partial charge in [-0.3, -0.25) is 19.6 Å². The number of rotatable bonds is 5. The Bertz CT molecular complexity index is 1010. The van der Waals surface area contributed by atoms with Gasteiger partial charge in [0.15, 0.2) is 10.9 Å². The summed E-state index contributed by atoms with van der Waals surface area (Å²) in [7, 11) is 1.75. The average molecular weight is 401 g/mol. The van der Waals surface area contributed by atoms with Gasteiger partial charge in [0.05, 0.1) is 12.2 Å². The largest absolute Gasteiger partial charge is 0.458 e. The van der Waals surface area contributed by atoms with Gasteiger partial charge in [0.2, 0.25) is 5.91 Å². The standard InChI is InChI=1S/C19H23N5O3S/c1-11(25)20-9-12-6-7-15(27-12)13-10-28-18(21-13)22-17(26)14-8-16(19(2,3)4)23-24(14)5/h6-8,10H,9H2,1-5H3,(H,20,25)(H,21,22,26). The molecule has 3 heterocycles. The van der Waals surface area contributed by atoms with Gasteiger partial charge in [0.25, 0.3) is 5.91 Å². The molecule has 0 aliphatic heterocycles. The first-order valence-corrected chi connectivity index (χ1v) is 9.66. The lowest BCUT2D eigenvalue weighted by atomic mass is 9.92. The molecule has 3 aromatic heterocycles. The number of hydrogen-bond acceptors (Lipinski definition) is 6. The van der Waals surface area contributed by atoms with Gasteiger partial charge in [-0.15, -0.1) is 11.3 Å². The lowest BCUT2D eigenvalue weighted by molar-refractivity contribution is -0.119. The zero-order valence-electron chi connectivity index (χ0n) is 16.5. The van der Waals surface area contributed by atoms with Gasteiger partial charge >= 0.3 is 0 Å². The number of thiazole rings is 1. The monoisotopic (exact) mass is 401 g/mol. The number of carbonyl (C=O) groups excluding carboxylic acids is 2. The lowest BCUT2D eigenvalue weighted by Gasteiger charge is -2.13. The number of aryl methyl sites for hydroxylation is 1. The Kier molecular flexibility index (Phi) is 5.37. The van der Waals surface area contributed by atoms with Crippen molar-refractivity contribution in [3.8, 4) is 11.5 Å². The van der Waals surface area contributed by atoms with Crippen LogP contribution in [0.4, 0.5) is 5.13 Å². The van der Waals surface area contributed by atoms with Crippen molar-refractivity contribution in [1.82, 2.24) is 20.1 Å². The summed E-state index contributed by atoms with van der Waals surface area (Å²) in [6.07, 6.45) is 0. The average Bonchev–Trinajstić information content (AvgIpc) is 3.31. The third kappa shape index (κ3) is 4.48. The van der Waals surface area contributed by atoms with Crippen LogP contribution in [0.25, 0.3) is 11.5 Å². The van der Waals surface area contributed by atoms with Crippen LogP contribution < -0.4 is 10.6 Å². The molecule has 0 bridgehead atoms. The summed E-state index contributed by atoms with van der Waals surface area (Å²) >= 11 is 1.31. The van der Waals surface area contributed by atoms with Gasteiger partial charge in [-0.2, -0.15) is 5.10 Å². The van der Waals surface area contributed by atoms with E-state index in [0.717, 1.165) is 5.69 Å². The SMILES string of the molecule is CC(=O)NCc1ccc(-c2csc(NC(=O)c3cc(C(C)(C)C)nn3C)n2)o1. The first-order chi connectivity index (χ1) is 13.1. The molecule has 3 aromatic rings. The summed E-state index contributed by atoms with van der Waals surface area (Å²) in [6, 6.07) is 5.37. The number of furan rings is 1. The number of anilines is 1. The maximum Gasteiger partial charge on any atom is 0.275 e. The van der Waals surface area contributed by atoms with Crippen molar-refractivity contribution in [2.24, 2.45) is 7.05 Å². The van der Waals surface area contributed by atoms with Gasteiger partial charge in [-0.25, -0.2) is 4.98 Å². The number of amides is 2. The molecule has 9 heteroatoms. The van der Waals surface area contributed by atoms with Crippen molar-refractivity contribution in [2.45, 2.75) is 39.7 Å². The van der Waals surface area contributed by atoms with E-state index in [4.69, 9.17) is 4.42 Å². The van der Waals surface area contributed by atoms with Crippen molar-refractivity contribution in [1.29, 1.82) is 0 Å². The second kappa shape index (κ2) is 7.59. The molecule has 0 spiro atoms. The van der Waals surface area contributed by atoms with Crippen molar-refractivity contribution >= 4 is 28.3 Å². The highest BCUT2D eigenvalue weighted by Crippen LogP contribution is 2.27.